The Morgan fingerprint density at radius 2 is 2.00 bits per heavy atom. The summed E-state index contributed by atoms with van der Waals surface area (Å²) in [6, 6.07) is 12.1. The highest BCUT2D eigenvalue weighted by molar-refractivity contribution is 7.18. The van der Waals surface area contributed by atoms with E-state index in [2.05, 4.69) is 57.4 Å². The quantitative estimate of drug-likeness (QED) is 0.512. The van der Waals surface area contributed by atoms with Crippen molar-refractivity contribution in [2.45, 2.75) is 13.8 Å². The first-order valence-electron chi connectivity index (χ1n) is 7.69. The van der Waals surface area contributed by atoms with E-state index in [9.17, 15) is 0 Å². The average molecular weight is 368 g/mol. The van der Waals surface area contributed by atoms with E-state index >= 15 is 0 Å². The Morgan fingerprint density at radius 1 is 1.12 bits per heavy atom. The molecule has 0 atom stereocenters. The lowest BCUT2D eigenvalue weighted by Crippen LogP contribution is -1.87. The summed E-state index contributed by atoms with van der Waals surface area (Å²) in [5, 5.41) is 18.2. The molecular formula is C18H14ClN5S. The van der Waals surface area contributed by atoms with Crippen LogP contribution < -0.4 is 0 Å². The Kier molecular flexibility index (Phi) is 4.07. The van der Waals surface area contributed by atoms with Gasteiger partial charge in [-0.2, -0.15) is 5.10 Å². The number of aromatic nitrogens is 4. The fraction of sp³-hybridized carbons (Fsp3) is 0.111. The van der Waals surface area contributed by atoms with Crippen LogP contribution in [0.1, 0.15) is 16.7 Å². The zero-order valence-electron chi connectivity index (χ0n) is 13.6. The van der Waals surface area contributed by atoms with E-state index < -0.39 is 0 Å². The molecule has 0 aliphatic heterocycles. The molecule has 124 valence electrons. The standard InChI is InChI=1S/C18H14ClN5S/c1-10-3-4-13(11(2)7-10)9-20-18-24-23-17(25-18)12-5-6-14-15(8-12)21-22-16(14)19/h3-9H,1-2H3,(H,21,22)/b20-9+. The molecule has 2 aromatic carbocycles. The van der Waals surface area contributed by atoms with Gasteiger partial charge in [0.05, 0.1) is 5.52 Å². The number of benzene rings is 2. The van der Waals surface area contributed by atoms with Crippen molar-refractivity contribution < 1.29 is 0 Å². The molecule has 0 spiro atoms. The molecular weight excluding hydrogens is 354 g/mol. The largest absolute Gasteiger partial charge is 0.266 e. The Bertz CT molecular complexity index is 1100. The Hall–Kier alpha value is -2.57. The second kappa shape index (κ2) is 6.38. The lowest BCUT2D eigenvalue weighted by atomic mass is 10.1. The van der Waals surface area contributed by atoms with E-state index in [-0.39, 0.29) is 0 Å². The third kappa shape index (κ3) is 3.18. The van der Waals surface area contributed by atoms with Crippen LogP contribution in [0.4, 0.5) is 5.13 Å². The molecule has 0 saturated heterocycles. The molecule has 0 bridgehead atoms. The summed E-state index contributed by atoms with van der Waals surface area (Å²) in [7, 11) is 0. The molecule has 5 nitrogen and oxygen atoms in total. The molecule has 2 aromatic heterocycles. The molecule has 0 aliphatic rings. The lowest BCUT2D eigenvalue weighted by molar-refractivity contribution is 1.09. The van der Waals surface area contributed by atoms with E-state index in [0.29, 0.717) is 10.3 Å². The SMILES string of the molecule is Cc1ccc(/C=N/c2nnc(-c3ccc4c(Cl)[nH]nc4c3)s2)c(C)c1. The molecule has 4 aromatic rings. The van der Waals surface area contributed by atoms with Crippen molar-refractivity contribution in [2.24, 2.45) is 4.99 Å². The summed E-state index contributed by atoms with van der Waals surface area (Å²) in [4.78, 5) is 4.46. The van der Waals surface area contributed by atoms with Crippen LogP contribution in [-0.4, -0.2) is 26.6 Å². The summed E-state index contributed by atoms with van der Waals surface area (Å²) in [5.41, 5.74) is 5.25. The van der Waals surface area contributed by atoms with Crippen molar-refractivity contribution in [1.29, 1.82) is 0 Å². The van der Waals surface area contributed by atoms with E-state index in [1.54, 1.807) is 0 Å². The number of nitrogens with zero attached hydrogens (tertiary/aromatic N) is 4. The first-order chi connectivity index (χ1) is 12.1. The topological polar surface area (TPSA) is 66.8 Å². The second-order valence-electron chi connectivity index (χ2n) is 5.78. The van der Waals surface area contributed by atoms with Crippen LogP contribution in [-0.2, 0) is 0 Å². The van der Waals surface area contributed by atoms with Gasteiger partial charge in [0.25, 0.3) is 0 Å². The van der Waals surface area contributed by atoms with Crippen LogP contribution in [0, 0.1) is 13.8 Å². The summed E-state index contributed by atoms with van der Waals surface area (Å²) < 4.78 is 0. The van der Waals surface area contributed by atoms with E-state index in [4.69, 9.17) is 11.6 Å². The fourth-order valence-corrected chi connectivity index (χ4v) is 3.48. The van der Waals surface area contributed by atoms with Gasteiger partial charge in [-0.1, -0.05) is 52.8 Å². The van der Waals surface area contributed by atoms with Gasteiger partial charge in [0.2, 0.25) is 5.13 Å². The Morgan fingerprint density at radius 3 is 2.84 bits per heavy atom. The highest BCUT2D eigenvalue weighted by Crippen LogP contribution is 2.31. The number of H-pyrrole nitrogens is 1. The average Bonchev–Trinajstić information content (AvgIpc) is 3.21. The molecule has 0 fully saturated rings. The van der Waals surface area contributed by atoms with Crippen molar-refractivity contribution in [3.63, 3.8) is 0 Å². The molecule has 7 heteroatoms. The maximum atomic E-state index is 6.03. The third-order valence-electron chi connectivity index (χ3n) is 3.91. The number of aliphatic imine (C=N–C) groups is 1. The molecule has 25 heavy (non-hydrogen) atoms. The van der Waals surface area contributed by atoms with Gasteiger partial charge in [-0.05, 0) is 37.1 Å². The minimum atomic E-state index is 0.539. The zero-order chi connectivity index (χ0) is 17.4. The first-order valence-corrected chi connectivity index (χ1v) is 8.88. The minimum absolute atomic E-state index is 0.539. The highest BCUT2D eigenvalue weighted by Gasteiger charge is 2.09. The molecule has 0 radical (unpaired) electrons. The summed E-state index contributed by atoms with van der Waals surface area (Å²) in [5.74, 6) is 0. The summed E-state index contributed by atoms with van der Waals surface area (Å²) >= 11 is 7.47. The third-order valence-corrected chi connectivity index (χ3v) is 5.08. The van der Waals surface area contributed by atoms with Crippen LogP contribution >= 0.6 is 22.9 Å². The number of fused-ring (bicyclic) bond motifs is 1. The van der Waals surface area contributed by atoms with E-state index in [1.807, 2.05) is 24.4 Å². The molecule has 0 amide bonds. The van der Waals surface area contributed by atoms with Crippen LogP contribution in [0.5, 0.6) is 0 Å². The summed E-state index contributed by atoms with van der Waals surface area (Å²) in [6.07, 6.45) is 1.83. The zero-order valence-corrected chi connectivity index (χ0v) is 15.2. The number of rotatable bonds is 3. The van der Waals surface area contributed by atoms with Crippen LogP contribution in [0.25, 0.3) is 21.5 Å². The van der Waals surface area contributed by atoms with Crippen LogP contribution in [0.3, 0.4) is 0 Å². The summed E-state index contributed by atoms with van der Waals surface area (Å²) in [6.45, 7) is 4.15. The Labute approximate surface area is 153 Å². The van der Waals surface area contributed by atoms with Gasteiger partial charge in [0.15, 0.2) is 0 Å². The number of aromatic amines is 1. The normalized spacial score (nSPS) is 11.6. The van der Waals surface area contributed by atoms with Crippen LogP contribution in [0.2, 0.25) is 5.15 Å². The van der Waals surface area contributed by atoms with Gasteiger partial charge >= 0.3 is 0 Å². The van der Waals surface area contributed by atoms with Gasteiger partial charge in [-0.25, -0.2) is 4.99 Å². The number of hydrogen-bond acceptors (Lipinski definition) is 5. The van der Waals surface area contributed by atoms with E-state index in [1.165, 1.54) is 22.5 Å². The highest BCUT2D eigenvalue weighted by atomic mass is 35.5. The predicted octanol–water partition coefficient (Wildman–Crippen LogP) is 5.10. The van der Waals surface area contributed by atoms with Crippen LogP contribution in [0.15, 0.2) is 41.4 Å². The lowest BCUT2D eigenvalue weighted by Gasteiger charge is -2.00. The Balaban J connectivity index is 1.61. The second-order valence-corrected chi connectivity index (χ2v) is 7.11. The number of hydrogen-bond donors (Lipinski definition) is 1. The first kappa shape index (κ1) is 15.9. The molecule has 4 rings (SSSR count). The molecule has 0 aliphatic carbocycles. The number of nitrogens with one attached hydrogen (secondary N) is 1. The van der Waals surface area contributed by atoms with Gasteiger partial charge in [-0.3, -0.25) is 5.10 Å². The number of halogens is 1. The van der Waals surface area contributed by atoms with Gasteiger partial charge < -0.3 is 0 Å². The van der Waals surface area contributed by atoms with Crippen molar-refractivity contribution in [2.75, 3.05) is 0 Å². The maximum absolute atomic E-state index is 6.03. The molecule has 1 N–H and O–H groups in total. The fourth-order valence-electron chi connectivity index (χ4n) is 2.59. The maximum Gasteiger partial charge on any atom is 0.231 e. The number of aryl methyl sites for hydroxylation is 2. The molecule has 2 heterocycles. The predicted molar refractivity (Wildman–Crippen MR) is 103 cm³/mol. The minimum Gasteiger partial charge on any atom is -0.266 e. The van der Waals surface area contributed by atoms with Crippen molar-refractivity contribution in [1.82, 2.24) is 20.4 Å². The smallest absolute Gasteiger partial charge is 0.231 e. The van der Waals surface area contributed by atoms with Gasteiger partial charge in [0.1, 0.15) is 10.2 Å². The molecule has 0 saturated carbocycles. The van der Waals surface area contributed by atoms with Crippen molar-refractivity contribution >= 4 is 45.2 Å². The van der Waals surface area contributed by atoms with Gasteiger partial charge in [-0.15, -0.1) is 10.2 Å². The monoisotopic (exact) mass is 367 g/mol. The van der Waals surface area contributed by atoms with Crippen molar-refractivity contribution in [3.8, 4) is 10.6 Å². The van der Waals surface area contributed by atoms with E-state index in [0.717, 1.165) is 27.0 Å². The molecule has 0 unspecified atom stereocenters. The van der Waals surface area contributed by atoms with Crippen molar-refractivity contribution in [3.05, 3.63) is 58.2 Å². The van der Waals surface area contributed by atoms with Gasteiger partial charge in [0, 0.05) is 17.2 Å².